The monoisotopic (exact) mass is 252 g/mol. The Hall–Kier alpha value is -0.990. The third kappa shape index (κ3) is 3.50. The molecule has 0 bridgehead atoms. The van der Waals surface area contributed by atoms with Crippen molar-refractivity contribution in [1.29, 1.82) is 0 Å². The fraction of sp³-hybridized carbons (Fsp3) is 0.800. The molecule has 0 spiro atoms. The van der Waals surface area contributed by atoms with Crippen LogP contribution in [0.25, 0.3) is 0 Å². The van der Waals surface area contributed by atoms with E-state index in [4.69, 9.17) is 0 Å². The van der Waals surface area contributed by atoms with Gasteiger partial charge in [-0.25, -0.2) is 4.68 Å². The minimum absolute atomic E-state index is 0.0568. The van der Waals surface area contributed by atoms with Gasteiger partial charge in [0.25, 0.3) is 0 Å². The largest absolute Gasteiger partial charge is 0.493 e. The van der Waals surface area contributed by atoms with E-state index < -0.39 is 0 Å². The average molecular weight is 252 g/mol. The van der Waals surface area contributed by atoms with E-state index in [9.17, 15) is 5.11 Å². The molecule has 1 rings (SSSR count). The van der Waals surface area contributed by atoms with Gasteiger partial charge in [0.2, 0.25) is 5.88 Å². The van der Waals surface area contributed by atoms with Gasteiger partial charge in [-0.05, 0) is 24.2 Å². The fourth-order valence-corrected chi connectivity index (χ4v) is 2.26. The molecule has 0 saturated carbocycles. The van der Waals surface area contributed by atoms with Crippen LogP contribution in [0.5, 0.6) is 5.88 Å². The van der Waals surface area contributed by atoms with E-state index in [1.165, 1.54) is 0 Å². The molecule has 0 fully saturated rings. The number of hydrogen-bond acceptors (Lipinski definition) is 2. The molecule has 0 aromatic carbocycles. The number of hydrogen-bond donors (Lipinski definition) is 1. The van der Waals surface area contributed by atoms with Gasteiger partial charge in [0.15, 0.2) is 0 Å². The third-order valence-corrected chi connectivity index (χ3v) is 3.07. The number of unbranched alkanes of at least 4 members (excludes halogenated alkanes) is 1. The summed E-state index contributed by atoms with van der Waals surface area (Å²) in [5.41, 5.74) is 2.03. The van der Waals surface area contributed by atoms with Crippen molar-refractivity contribution in [1.82, 2.24) is 9.78 Å². The summed E-state index contributed by atoms with van der Waals surface area (Å²) in [4.78, 5) is 0. The van der Waals surface area contributed by atoms with E-state index in [1.54, 1.807) is 4.68 Å². The first-order chi connectivity index (χ1) is 8.27. The van der Waals surface area contributed by atoms with Crippen LogP contribution >= 0.6 is 0 Å². The Kier molecular flexibility index (Phi) is 4.83. The number of aryl methyl sites for hydroxylation is 1. The first kappa shape index (κ1) is 15.1. The van der Waals surface area contributed by atoms with Gasteiger partial charge in [0.05, 0.1) is 5.69 Å². The van der Waals surface area contributed by atoms with Crippen LogP contribution in [0.4, 0.5) is 0 Å². The minimum atomic E-state index is -0.0568. The molecular formula is C15H28N2O. The second-order valence-electron chi connectivity index (χ2n) is 6.57. The molecule has 1 heterocycles. The van der Waals surface area contributed by atoms with Gasteiger partial charge in [0.1, 0.15) is 0 Å². The Bertz CT molecular complexity index is 386. The smallest absolute Gasteiger partial charge is 0.213 e. The van der Waals surface area contributed by atoms with Crippen LogP contribution in [0.15, 0.2) is 0 Å². The summed E-state index contributed by atoms with van der Waals surface area (Å²) < 4.78 is 1.78. The summed E-state index contributed by atoms with van der Waals surface area (Å²) in [6.07, 6.45) is 3.10. The van der Waals surface area contributed by atoms with Crippen molar-refractivity contribution in [2.24, 2.45) is 5.92 Å². The lowest BCUT2D eigenvalue weighted by molar-refractivity contribution is 0.380. The zero-order valence-electron chi connectivity index (χ0n) is 12.7. The number of rotatable bonds is 5. The predicted molar refractivity (Wildman–Crippen MR) is 76.0 cm³/mol. The second-order valence-corrected chi connectivity index (χ2v) is 6.57. The molecule has 1 N–H and O–H groups in total. The first-order valence-corrected chi connectivity index (χ1v) is 7.06. The highest BCUT2D eigenvalue weighted by molar-refractivity contribution is 5.37. The summed E-state index contributed by atoms with van der Waals surface area (Å²) in [6.45, 7) is 13.8. The maximum Gasteiger partial charge on any atom is 0.213 e. The van der Waals surface area contributed by atoms with Gasteiger partial charge in [0, 0.05) is 12.1 Å². The second kappa shape index (κ2) is 5.77. The third-order valence-electron chi connectivity index (χ3n) is 3.07. The van der Waals surface area contributed by atoms with E-state index in [0.29, 0.717) is 11.8 Å². The SMILES string of the molecule is CCCCn1nc(CC(C)C)c(C(C)(C)C)c1O. The minimum Gasteiger partial charge on any atom is -0.493 e. The predicted octanol–water partition coefficient (Wildman–Crippen LogP) is 3.88. The topological polar surface area (TPSA) is 38.0 Å². The Labute approximate surface area is 111 Å². The Balaban J connectivity index is 3.14. The molecule has 3 nitrogen and oxygen atoms in total. The van der Waals surface area contributed by atoms with Gasteiger partial charge in [-0.2, -0.15) is 5.10 Å². The quantitative estimate of drug-likeness (QED) is 0.863. The van der Waals surface area contributed by atoms with Crippen LogP contribution in [0.3, 0.4) is 0 Å². The van der Waals surface area contributed by atoms with Gasteiger partial charge >= 0.3 is 0 Å². The lowest BCUT2D eigenvalue weighted by Crippen LogP contribution is -2.14. The number of aromatic nitrogens is 2. The number of nitrogens with zero attached hydrogens (tertiary/aromatic N) is 2. The van der Waals surface area contributed by atoms with Crippen molar-refractivity contribution >= 4 is 0 Å². The Morgan fingerprint density at radius 2 is 1.89 bits per heavy atom. The molecular weight excluding hydrogens is 224 g/mol. The summed E-state index contributed by atoms with van der Waals surface area (Å²) in [5, 5.41) is 15.0. The Morgan fingerprint density at radius 1 is 1.28 bits per heavy atom. The van der Waals surface area contributed by atoms with Crippen LogP contribution in [0.1, 0.15) is 65.6 Å². The van der Waals surface area contributed by atoms with Crippen molar-refractivity contribution in [2.45, 2.75) is 72.8 Å². The number of aromatic hydroxyl groups is 1. The van der Waals surface area contributed by atoms with Crippen molar-refractivity contribution in [3.63, 3.8) is 0 Å². The standard InChI is InChI=1S/C15H28N2O/c1-7-8-9-17-14(18)13(15(4,5)6)12(16-17)10-11(2)3/h11,18H,7-10H2,1-6H3. The van der Waals surface area contributed by atoms with Crippen LogP contribution in [-0.2, 0) is 18.4 Å². The molecule has 1 aromatic rings. The van der Waals surface area contributed by atoms with Crippen molar-refractivity contribution in [3.8, 4) is 5.88 Å². The zero-order valence-corrected chi connectivity index (χ0v) is 12.7. The molecule has 1 aromatic heterocycles. The van der Waals surface area contributed by atoms with Gasteiger partial charge < -0.3 is 5.11 Å². The fourth-order valence-electron chi connectivity index (χ4n) is 2.26. The van der Waals surface area contributed by atoms with Crippen molar-refractivity contribution in [3.05, 3.63) is 11.3 Å². The highest BCUT2D eigenvalue weighted by Crippen LogP contribution is 2.34. The molecule has 3 heteroatoms. The van der Waals surface area contributed by atoms with Gasteiger partial charge in [-0.15, -0.1) is 0 Å². The van der Waals surface area contributed by atoms with Crippen LogP contribution in [0, 0.1) is 5.92 Å². The molecule has 104 valence electrons. The van der Waals surface area contributed by atoms with Crippen LogP contribution in [0.2, 0.25) is 0 Å². The van der Waals surface area contributed by atoms with E-state index >= 15 is 0 Å². The Morgan fingerprint density at radius 3 is 2.33 bits per heavy atom. The maximum absolute atomic E-state index is 10.4. The van der Waals surface area contributed by atoms with E-state index in [-0.39, 0.29) is 5.41 Å². The highest BCUT2D eigenvalue weighted by atomic mass is 16.3. The van der Waals surface area contributed by atoms with Crippen LogP contribution in [-0.4, -0.2) is 14.9 Å². The van der Waals surface area contributed by atoms with Gasteiger partial charge in [-0.3, -0.25) is 0 Å². The summed E-state index contributed by atoms with van der Waals surface area (Å²) in [5.74, 6) is 0.923. The lowest BCUT2D eigenvalue weighted by Gasteiger charge is -2.19. The lowest BCUT2D eigenvalue weighted by atomic mass is 9.85. The van der Waals surface area contributed by atoms with Crippen LogP contribution < -0.4 is 0 Å². The maximum atomic E-state index is 10.4. The van der Waals surface area contributed by atoms with Crippen molar-refractivity contribution in [2.75, 3.05) is 0 Å². The summed E-state index contributed by atoms with van der Waals surface area (Å²) >= 11 is 0. The van der Waals surface area contributed by atoms with E-state index in [1.807, 2.05) is 0 Å². The molecule has 0 saturated heterocycles. The molecule has 0 radical (unpaired) electrons. The molecule has 0 unspecified atom stereocenters. The van der Waals surface area contributed by atoms with E-state index in [2.05, 4.69) is 46.6 Å². The first-order valence-electron chi connectivity index (χ1n) is 7.06. The van der Waals surface area contributed by atoms with Gasteiger partial charge in [-0.1, -0.05) is 48.0 Å². The van der Waals surface area contributed by atoms with Crippen molar-refractivity contribution < 1.29 is 5.11 Å². The summed E-state index contributed by atoms with van der Waals surface area (Å²) in [7, 11) is 0. The molecule has 0 aliphatic rings. The normalized spacial score (nSPS) is 12.4. The molecule has 0 aliphatic carbocycles. The molecule has 0 amide bonds. The average Bonchev–Trinajstić information content (AvgIpc) is 2.50. The summed E-state index contributed by atoms with van der Waals surface area (Å²) in [6, 6.07) is 0. The highest BCUT2D eigenvalue weighted by Gasteiger charge is 2.27. The molecule has 0 atom stereocenters. The molecule has 0 aliphatic heterocycles. The molecule has 18 heavy (non-hydrogen) atoms. The van der Waals surface area contributed by atoms with E-state index in [0.717, 1.165) is 37.1 Å². The zero-order chi connectivity index (χ0) is 13.9.